The minimum atomic E-state index is 0.813. The molecule has 2 rings (SSSR count). The number of aromatic nitrogens is 1. The zero-order valence-electron chi connectivity index (χ0n) is 8.15. The highest BCUT2D eigenvalue weighted by molar-refractivity contribution is 14.1. The van der Waals surface area contributed by atoms with Crippen molar-refractivity contribution in [1.29, 1.82) is 0 Å². The molecule has 0 saturated heterocycles. The van der Waals surface area contributed by atoms with Crippen molar-refractivity contribution in [2.24, 2.45) is 0 Å². The summed E-state index contributed by atoms with van der Waals surface area (Å²) >= 11 is 2.32. The van der Waals surface area contributed by atoms with Gasteiger partial charge in [-0.05, 0) is 46.4 Å². The molecule has 0 radical (unpaired) electrons. The van der Waals surface area contributed by atoms with E-state index in [4.69, 9.17) is 0 Å². The van der Waals surface area contributed by atoms with Crippen LogP contribution in [0.3, 0.4) is 0 Å². The zero-order chi connectivity index (χ0) is 10.5. The summed E-state index contributed by atoms with van der Waals surface area (Å²) in [4.78, 5) is 4.08. The molecule has 1 N–H and O–H groups in total. The molecule has 2 nitrogen and oxygen atoms in total. The normalized spacial score (nSPS) is 9.93. The highest BCUT2D eigenvalue weighted by Crippen LogP contribution is 2.17. The number of nitrogens with one attached hydrogen (secondary N) is 1. The second-order valence-electron chi connectivity index (χ2n) is 3.19. The lowest BCUT2D eigenvalue weighted by Gasteiger charge is -2.07. The lowest BCUT2D eigenvalue weighted by molar-refractivity contribution is 1.11. The van der Waals surface area contributed by atoms with Gasteiger partial charge in [0.25, 0.3) is 0 Å². The van der Waals surface area contributed by atoms with E-state index in [2.05, 4.69) is 51.1 Å². The maximum Gasteiger partial charge on any atom is 0.0478 e. The summed E-state index contributed by atoms with van der Waals surface area (Å²) in [6, 6.07) is 12.3. The molecule has 76 valence electrons. The van der Waals surface area contributed by atoms with E-state index in [1.165, 1.54) is 14.8 Å². The van der Waals surface area contributed by atoms with Crippen molar-refractivity contribution in [1.82, 2.24) is 4.98 Å². The molecular formula is C12H11IN2. The summed E-state index contributed by atoms with van der Waals surface area (Å²) in [7, 11) is 0. The minimum absolute atomic E-state index is 0.813. The fraction of sp³-hybridized carbons (Fsp3) is 0.0833. The van der Waals surface area contributed by atoms with Crippen LogP contribution in [0.2, 0.25) is 0 Å². The fourth-order valence-corrected chi connectivity index (χ4v) is 1.88. The molecule has 0 spiro atoms. The summed E-state index contributed by atoms with van der Waals surface area (Å²) < 4.78 is 1.24. The zero-order valence-corrected chi connectivity index (χ0v) is 10.3. The molecule has 0 aliphatic heterocycles. The molecule has 0 saturated carbocycles. The number of nitrogens with zero attached hydrogens (tertiary/aromatic N) is 1. The smallest absolute Gasteiger partial charge is 0.0478 e. The molecule has 3 heteroatoms. The molecule has 0 fully saturated rings. The average molecular weight is 310 g/mol. The van der Waals surface area contributed by atoms with Gasteiger partial charge < -0.3 is 5.32 Å². The first-order valence-corrected chi connectivity index (χ1v) is 5.81. The Bertz CT molecular complexity index is 429. The number of benzene rings is 1. The maximum atomic E-state index is 4.08. The van der Waals surface area contributed by atoms with E-state index in [9.17, 15) is 0 Å². The van der Waals surface area contributed by atoms with Crippen molar-refractivity contribution in [2.75, 3.05) is 5.32 Å². The van der Waals surface area contributed by atoms with Gasteiger partial charge in [0.15, 0.2) is 0 Å². The van der Waals surface area contributed by atoms with Gasteiger partial charge in [-0.15, -0.1) is 0 Å². The summed E-state index contributed by atoms with van der Waals surface area (Å²) in [6.45, 7) is 0.813. The first-order chi connectivity index (χ1) is 7.36. The molecule has 1 heterocycles. The standard InChI is InChI=1S/C12H11IN2/c13-11-5-1-2-6-12(11)15-9-10-4-3-7-14-8-10/h1-8,15H,9H2. The summed E-state index contributed by atoms with van der Waals surface area (Å²) in [5.74, 6) is 0. The van der Waals surface area contributed by atoms with E-state index in [1.807, 2.05) is 24.4 Å². The highest BCUT2D eigenvalue weighted by Gasteiger charge is 1.97. The lowest BCUT2D eigenvalue weighted by Crippen LogP contribution is -2.00. The van der Waals surface area contributed by atoms with Gasteiger partial charge in [0.2, 0.25) is 0 Å². The Labute approximate surface area is 103 Å². The Morgan fingerprint density at radius 1 is 1.13 bits per heavy atom. The number of anilines is 1. The summed E-state index contributed by atoms with van der Waals surface area (Å²) in [5, 5.41) is 3.38. The van der Waals surface area contributed by atoms with Gasteiger partial charge in [0.1, 0.15) is 0 Å². The number of pyridine rings is 1. The van der Waals surface area contributed by atoms with Crippen LogP contribution in [-0.4, -0.2) is 4.98 Å². The molecule has 0 unspecified atom stereocenters. The van der Waals surface area contributed by atoms with Crippen molar-refractivity contribution in [3.8, 4) is 0 Å². The third-order valence-electron chi connectivity index (χ3n) is 2.08. The molecule has 0 aliphatic carbocycles. The van der Waals surface area contributed by atoms with Crippen LogP contribution in [0, 0.1) is 3.57 Å². The van der Waals surface area contributed by atoms with Crippen LogP contribution >= 0.6 is 22.6 Å². The quantitative estimate of drug-likeness (QED) is 0.880. The fourth-order valence-electron chi connectivity index (χ4n) is 1.30. The number of hydrogen-bond acceptors (Lipinski definition) is 2. The van der Waals surface area contributed by atoms with Crippen molar-refractivity contribution in [2.45, 2.75) is 6.54 Å². The van der Waals surface area contributed by atoms with Gasteiger partial charge in [0.05, 0.1) is 0 Å². The van der Waals surface area contributed by atoms with Gasteiger partial charge in [-0.25, -0.2) is 0 Å². The van der Waals surface area contributed by atoms with Crippen molar-refractivity contribution >= 4 is 28.3 Å². The SMILES string of the molecule is Ic1ccccc1NCc1cccnc1. The Morgan fingerprint density at radius 3 is 2.73 bits per heavy atom. The molecule has 15 heavy (non-hydrogen) atoms. The predicted octanol–water partition coefficient (Wildman–Crippen LogP) is 3.30. The predicted molar refractivity (Wildman–Crippen MR) is 70.7 cm³/mol. The van der Waals surface area contributed by atoms with E-state index >= 15 is 0 Å². The Kier molecular flexibility index (Phi) is 3.55. The van der Waals surface area contributed by atoms with Crippen molar-refractivity contribution in [3.63, 3.8) is 0 Å². The van der Waals surface area contributed by atoms with Crippen LogP contribution in [0.15, 0.2) is 48.8 Å². The first-order valence-electron chi connectivity index (χ1n) is 4.73. The molecule has 0 aliphatic rings. The van der Waals surface area contributed by atoms with Gasteiger partial charge in [-0.1, -0.05) is 18.2 Å². The Morgan fingerprint density at radius 2 is 2.00 bits per heavy atom. The van der Waals surface area contributed by atoms with Crippen LogP contribution in [0.5, 0.6) is 0 Å². The molecule has 0 amide bonds. The van der Waals surface area contributed by atoms with E-state index in [1.54, 1.807) is 6.20 Å². The largest absolute Gasteiger partial charge is 0.380 e. The Balaban J connectivity index is 2.03. The monoisotopic (exact) mass is 310 g/mol. The van der Waals surface area contributed by atoms with E-state index < -0.39 is 0 Å². The topological polar surface area (TPSA) is 24.9 Å². The van der Waals surface area contributed by atoms with Crippen molar-refractivity contribution in [3.05, 3.63) is 57.9 Å². The van der Waals surface area contributed by atoms with Crippen LogP contribution in [0.4, 0.5) is 5.69 Å². The minimum Gasteiger partial charge on any atom is -0.380 e. The van der Waals surface area contributed by atoms with E-state index in [-0.39, 0.29) is 0 Å². The van der Waals surface area contributed by atoms with Crippen LogP contribution < -0.4 is 5.32 Å². The number of para-hydroxylation sites is 1. The molecule has 2 aromatic rings. The third kappa shape index (κ3) is 2.92. The summed E-state index contributed by atoms with van der Waals surface area (Å²) in [5.41, 5.74) is 2.36. The maximum absolute atomic E-state index is 4.08. The number of halogens is 1. The van der Waals surface area contributed by atoms with Gasteiger partial charge in [-0.2, -0.15) is 0 Å². The molecule has 0 atom stereocenters. The number of hydrogen-bond donors (Lipinski definition) is 1. The van der Waals surface area contributed by atoms with Crippen LogP contribution in [-0.2, 0) is 6.54 Å². The molecular weight excluding hydrogens is 299 g/mol. The summed E-state index contributed by atoms with van der Waals surface area (Å²) in [6.07, 6.45) is 3.67. The lowest BCUT2D eigenvalue weighted by atomic mass is 10.2. The van der Waals surface area contributed by atoms with Gasteiger partial charge in [0, 0.05) is 28.2 Å². The average Bonchev–Trinajstić information content (AvgIpc) is 2.29. The van der Waals surface area contributed by atoms with Crippen LogP contribution in [0.1, 0.15) is 5.56 Å². The molecule has 1 aromatic carbocycles. The second-order valence-corrected chi connectivity index (χ2v) is 4.36. The van der Waals surface area contributed by atoms with E-state index in [0.29, 0.717) is 0 Å². The highest BCUT2D eigenvalue weighted by atomic mass is 127. The Hall–Kier alpha value is -1.10. The van der Waals surface area contributed by atoms with Crippen molar-refractivity contribution < 1.29 is 0 Å². The van der Waals surface area contributed by atoms with E-state index in [0.717, 1.165) is 6.54 Å². The molecule has 1 aromatic heterocycles. The van der Waals surface area contributed by atoms with Gasteiger partial charge in [-0.3, -0.25) is 4.98 Å². The molecule has 0 bridgehead atoms. The first kappa shape index (κ1) is 10.4. The van der Waals surface area contributed by atoms with Crippen LogP contribution in [0.25, 0.3) is 0 Å². The number of rotatable bonds is 3. The van der Waals surface area contributed by atoms with Gasteiger partial charge >= 0.3 is 0 Å². The third-order valence-corrected chi connectivity index (χ3v) is 3.02. The second kappa shape index (κ2) is 5.11.